The van der Waals surface area contributed by atoms with E-state index in [0.29, 0.717) is 11.8 Å². The van der Waals surface area contributed by atoms with Crippen LogP contribution in [0.15, 0.2) is 30.5 Å². The van der Waals surface area contributed by atoms with Gasteiger partial charge in [-0.1, -0.05) is 26.2 Å². The summed E-state index contributed by atoms with van der Waals surface area (Å²) in [6.07, 6.45) is 7.37. The highest BCUT2D eigenvalue weighted by Gasteiger charge is 2.44. The molecule has 34 heavy (non-hydrogen) atoms. The van der Waals surface area contributed by atoms with Gasteiger partial charge >= 0.3 is 6.09 Å². The molecule has 4 fully saturated rings. The second-order valence-electron chi connectivity index (χ2n) is 10.2. The minimum Gasteiger partial charge on any atom is -0.497 e. The number of aliphatic hydroxyl groups excluding tert-OH is 1. The number of ether oxygens (including phenoxy) is 2. The summed E-state index contributed by atoms with van der Waals surface area (Å²) in [5, 5.41) is 14.3. The van der Waals surface area contributed by atoms with Crippen molar-refractivity contribution in [2.24, 2.45) is 11.8 Å². The number of aliphatic hydroxyl groups is 1. The highest BCUT2D eigenvalue weighted by Crippen LogP contribution is 2.44. The molecule has 1 saturated carbocycles. The number of piperidine rings is 3. The van der Waals surface area contributed by atoms with E-state index in [1.165, 1.54) is 12.8 Å². The van der Waals surface area contributed by atoms with Crippen LogP contribution in [0.25, 0.3) is 10.9 Å². The summed E-state index contributed by atoms with van der Waals surface area (Å²) < 4.78 is 11.7. The summed E-state index contributed by atoms with van der Waals surface area (Å²) in [4.78, 5) is 20.2. The van der Waals surface area contributed by atoms with Gasteiger partial charge in [0.25, 0.3) is 0 Å². The number of hydrogen-bond acceptors (Lipinski definition) is 6. The van der Waals surface area contributed by atoms with Crippen LogP contribution in [0.3, 0.4) is 0 Å². The molecule has 4 heterocycles. The molecule has 3 saturated heterocycles. The summed E-state index contributed by atoms with van der Waals surface area (Å²) in [5.41, 5.74) is 1.83. The first-order chi connectivity index (χ1) is 16.6. The molecule has 7 heteroatoms. The van der Waals surface area contributed by atoms with Crippen LogP contribution in [0.5, 0.6) is 5.75 Å². The number of amides is 1. The van der Waals surface area contributed by atoms with Gasteiger partial charge in [0.05, 0.1) is 30.8 Å². The fourth-order valence-electron chi connectivity index (χ4n) is 6.41. The average Bonchev–Trinajstić information content (AvgIpc) is 2.88. The second kappa shape index (κ2) is 10.1. The molecule has 0 radical (unpaired) electrons. The SMILES string of the molecule is CCC1CN2CCC1CC2C(OC(=O)NC1CCCCC1O)c1ccnc2ccc(OC)cc12. The first-order valence-electron chi connectivity index (χ1n) is 12.9. The van der Waals surface area contributed by atoms with Crippen molar-refractivity contribution in [1.82, 2.24) is 15.2 Å². The van der Waals surface area contributed by atoms with Crippen LogP contribution in [-0.4, -0.2) is 59.5 Å². The lowest BCUT2D eigenvalue weighted by Gasteiger charge is -2.51. The standard InChI is InChI=1S/C27H37N3O4/c1-3-17-16-30-13-11-18(17)14-24(30)26(34-27(32)29-23-6-4-5-7-25(23)31)20-10-12-28-22-9-8-19(33-2)15-21(20)22/h8-10,12,15,17-18,23-26,31H,3-7,11,13-14,16H2,1-2H3,(H,29,32). The van der Waals surface area contributed by atoms with Gasteiger partial charge in [0, 0.05) is 23.7 Å². The molecule has 1 aromatic heterocycles. The second-order valence-corrected chi connectivity index (χ2v) is 10.2. The summed E-state index contributed by atoms with van der Waals surface area (Å²) in [5.74, 6) is 2.13. The molecule has 184 valence electrons. The summed E-state index contributed by atoms with van der Waals surface area (Å²) in [6.45, 7) is 4.38. The molecule has 7 unspecified atom stereocenters. The van der Waals surface area contributed by atoms with Crippen molar-refractivity contribution in [3.8, 4) is 5.75 Å². The molecule has 1 aromatic carbocycles. The fourth-order valence-corrected chi connectivity index (χ4v) is 6.41. The van der Waals surface area contributed by atoms with Crippen molar-refractivity contribution in [2.45, 2.75) is 76.2 Å². The molecule has 1 amide bonds. The summed E-state index contributed by atoms with van der Waals surface area (Å²) >= 11 is 0. The number of carbonyl (C=O) groups is 1. The van der Waals surface area contributed by atoms with Gasteiger partial charge in [-0.2, -0.15) is 0 Å². The molecule has 7 atom stereocenters. The van der Waals surface area contributed by atoms with Gasteiger partial charge in [0.15, 0.2) is 0 Å². The zero-order chi connectivity index (χ0) is 23.7. The molecule has 1 aliphatic carbocycles. The Kier molecular flexibility index (Phi) is 6.93. The number of aromatic nitrogens is 1. The quantitative estimate of drug-likeness (QED) is 0.654. The van der Waals surface area contributed by atoms with Crippen molar-refractivity contribution >= 4 is 17.0 Å². The topological polar surface area (TPSA) is 83.9 Å². The van der Waals surface area contributed by atoms with Gasteiger partial charge in [0.1, 0.15) is 11.9 Å². The molecule has 0 spiro atoms. The Morgan fingerprint density at radius 1 is 1.26 bits per heavy atom. The van der Waals surface area contributed by atoms with E-state index in [1.807, 2.05) is 24.3 Å². The Labute approximate surface area is 201 Å². The predicted octanol–water partition coefficient (Wildman–Crippen LogP) is 4.43. The van der Waals surface area contributed by atoms with Crippen molar-refractivity contribution in [2.75, 3.05) is 20.2 Å². The monoisotopic (exact) mass is 467 g/mol. The number of benzene rings is 1. The first kappa shape index (κ1) is 23.4. The van der Waals surface area contributed by atoms with E-state index in [0.717, 1.165) is 67.4 Å². The first-order valence-corrected chi connectivity index (χ1v) is 12.9. The van der Waals surface area contributed by atoms with E-state index in [4.69, 9.17) is 9.47 Å². The van der Waals surface area contributed by atoms with Crippen LogP contribution in [0.2, 0.25) is 0 Å². The zero-order valence-corrected chi connectivity index (χ0v) is 20.3. The molecule has 2 bridgehead atoms. The molecule has 6 rings (SSSR count). The van der Waals surface area contributed by atoms with E-state index >= 15 is 0 Å². The number of fused-ring (bicyclic) bond motifs is 4. The average molecular weight is 468 g/mol. The maximum absolute atomic E-state index is 13.2. The van der Waals surface area contributed by atoms with E-state index in [1.54, 1.807) is 13.3 Å². The fraction of sp³-hybridized carbons (Fsp3) is 0.630. The lowest BCUT2D eigenvalue weighted by atomic mass is 9.72. The normalized spacial score (nSPS) is 31.7. The Balaban J connectivity index is 1.47. The Bertz CT molecular complexity index is 1010. The third kappa shape index (κ3) is 4.60. The minimum atomic E-state index is -0.509. The van der Waals surface area contributed by atoms with Crippen LogP contribution in [-0.2, 0) is 4.74 Å². The smallest absolute Gasteiger partial charge is 0.408 e. The van der Waals surface area contributed by atoms with Crippen LogP contribution >= 0.6 is 0 Å². The molecular weight excluding hydrogens is 430 g/mol. The van der Waals surface area contributed by atoms with Crippen molar-refractivity contribution in [3.05, 3.63) is 36.0 Å². The van der Waals surface area contributed by atoms with Gasteiger partial charge in [-0.15, -0.1) is 0 Å². The number of carbonyl (C=O) groups excluding carboxylic acids is 1. The van der Waals surface area contributed by atoms with Gasteiger partial charge < -0.3 is 19.9 Å². The van der Waals surface area contributed by atoms with Gasteiger partial charge in [-0.25, -0.2) is 4.79 Å². The Morgan fingerprint density at radius 3 is 2.85 bits per heavy atom. The largest absolute Gasteiger partial charge is 0.497 e. The lowest BCUT2D eigenvalue weighted by Crippen LogP contribution is -2.56. The molecule has 3 aliphatic heterocycles. The lowest BCUT2D eigenvalue weighted by molar-refractivity contribution is -0.0616. The van der Waals surface area contributed by atoms with Crippen LogP contribution in [0.4, 0.5) is 4.79 Å². The number of nitrogens with zero attached hydrogens (tertiary/aromatic N) is 2. The summed E-state index contributed by atoms with van der Waals surface area (Å²) in [7, 11) is 1.66. The zero-order valence-electron chi connectivity index (χ0n) is 20.3. The van der Waals surface area contributed by atoms with E-state index in [-0.39, 0.29) is 12.1 Å². The third-order valence-corrected chi connectivity index (χ3v) is 8.37. The maximum Gasteiger partial charge on any atom is 0.408 e. The highest BCUT2D eigenvalue weighted by molar-refractivity contribution is 5.84. The van der Waals surface area contributed by atoms with Gasteiger partial charge in [-0.05, 0) is 68.3 Å². The highest BCUT2D eigenvalue weighted by atomic mass is 16.6. The predicted molar refractivity (Wildman–Crippen MR) is 131 cm³/mol. The van der Waals surface area contributed by atoms with E-state index in [2.05, 4.69) is 22.1 Å². The Hall–Kier alpha value is -2.38. The van der Waals surface area contributed by atoms with Crippen molar-refractivity contribution in [1.29, 1.82) is 0 Å². The third-order valence-electron chi connectivity index (χ3n) is 8.37. The molecule has 7 nitrogen and oxygen atoms in total. The molecule has 4 aliphatic rings. The van der Waals surface area contributed by atoms with Crippen LogP contribution in [0, 0.1) is 11.8 Å². The number of pyridine rings is 1. The van der Waals surface area contributed by atoms with Crippen molar-refractivity contribution < 1.29 is 19.4 Å². The number of alkyl carbamates (subject to hydrolysis) is 1. The Morgan fingerprint density at radius 2 is 2.12 bits per heavy atom. The van der Waals surface area contributed by atoms with Gasteiger partial charge in [0.2, 0.25) is 0 Å². The number of nitrogens with one attached hydrogen (secondary N) is 1. The maximum atomic E-state index is 13.2. The minimum absolute atomic E-state index is 0.125. The van der Waals surface area contributed by atoms with Crippen molar-refractivity contribution in [3.63, 3.8) is 0 Å². The molecule has 2 aromatic rings. The van der Waals surface area contributed by atoms with Crippen LogP contribution < -0.4 is 10.1 Å². The number of hydrogen-bond donors (Lipinski definition) is 2. The number of rotatable bonds is 6. The summed E-state index contributed by atoms with van der Waals surface area (Å²) in [6, 6.07) is 7.71. The van der Waals surface area contributed by atoms with Crippen LogP contribution in [0.1, 0.15) is 63.5 Å². The number of methoxy groups -OCH3 is 1. The van der Waals surface area contributed by atoms with E-state index < -0.39 is 18.3 Å². The van der Waals surface area contributed by atoms with E-state index in [9.17, 15) is 9.90 Å². The molecule has 2 N–H and O–H groups in total. The molecular formula is C27H37N3O4. The van der Waals surface area contributed by atoms with Gasteiger partial charge in [-0.3, -0.25) is 9.88 Å².